The second-order valence-electron chi connectivity index (χ2n) is 7.54. The molecule has 192 valence electrons. The van der Waals surface area contributed by atoms with Crippen molar-refractivity contribution in [3.63, 3.8) is 0 Å². The van der Waals surface area contributed by atoms with E-state index < -0.39 is 0 Å². The van der Waals surface area contributed by atoms with E-state index in [2.05, 4.69) is 22.4 Å². The minimum absolute atomic E-state index is 0.121. The number of thioether (sulfide) groups is 2. The summed E-state index contributed by atoms with van der Waals surface area (Å²) in [6, 6.07) is 39.3. The van der Waals surface area contributed by atoms with Gasteiger partial charge in [0.2, 0.25) is 11.8 Å². The van der Waals surface area contributed by atoms with Gasteiger partial charge in [0.05, 0.1) is 12.3 Å². The van der Waals surface area contributed by atoms with Gasteiger partial charge in [-0.15, -0.1) is 0 Å². The lowest BCUT2D eigenvalue weighted by molar-refractivity contribution is -0.111. The van der Waals surface area contributed by atoms with E-state index in [1.54, 1.807) is 17.2 Å². The van der Waals surface area contributed by atoms with Gasteiger partial charge in [-0.1, -0.05) is 96.3 Å². The third-order valence-corrected chi connectivity index (χ3v) is 6.29. The fourth-order valence-corrected chi connectivity index (χ4v) is 4.26. The summed E-state index contributed by atoms with van der Waals surface area (Å²) < 4.78 is 5.53. The Kier molecular flexibility index (Phi) is 13.1. The topological polar surface area (TPSA) is 50.7 Å². The molecule has 0 saturated carbocycles. The van der Waals surface area contributed by atoms with E-state index in [0.29, 0.717) is 12.5 Å². The number of nitrogens with zero attached hydrogens (tertiary/aromatic N) is 1. The maximum atomic E-state index is 11.6. The van der Waals surface area contributed by atoms with Crippen LogP contribution < -0.4 is 5.32 Å². The molecule has 0 aromatic heterocycles. The first kappa shape index (κ1) is 28.6. The average molecular weight is 539 g/mol. The van der Waals surface area contributed by atoms with Gasteiger partial charge in [-0.3, -0.25) is 4.79 Å². The zero-order chi connectivity index (χ0) is 26.7. The van der Waals surface area contributed by atoms with Gasteiger partial charge in [-0.25, -0.2) is 4.99 Å². The summed E-state index contributed by atoms with van der Waals surface area (Å²) in [5, 5.41) is 6.57. The molecule has 0 aliphatic rings. The summed E-state index contributed by atoms with van der Waals surface area (Å²) in [4.78, 5) is 18.4. The van der Waals surface area contributed by atoms with Gasteiger partial charge in [0.1, 0.15) is 0 Å². The van der Waals surface area contributed by atoms with E-state index in [4.69, 9.17) is 4.74 Å². The first-order valence-electron chi connectivity index (χ1n) is 12.1. The highest BCUT2D eigenvalue weighted by atomic mass is 32.2. The van der Waals surface area contributed by atoms with Gasteiger partial charge in [0.15, 0.2) is 0 Å². The molecule has 4 aromatic carbocycles. The molecule has 4 nitrogen and oxygen atoms in total. The van der Waals surface area contributed by atoms with Crippen LogP contribution in [0.2, 0.25) is 0 Å². The third-order valence-electron chi connectivity index (χ3n) is 4.65. The second kappa shape index (κ2) is 17.5. The Balaban J connectivity index is 0.000000212. The van der Waals surface area contributed by atoms with Gasteiger partial charge in [0, 0.05) is 27.6 Å². The molecule has 0 radical (unpaired) electrons. The first-order chi connectivity index (χ1) is 18.7. The SMILES string of the molecule is CCOC(C=CSc1ccccc1)=Nc1ccccc1.O=C(C=CSc1ccccc1)Nc1ccccc1. The molecule has 0 spiro atoms. The number of aliphatic imine (C=N–C) groups is 1. The number of hydrogen-bond acceptors (Lipinski definition) is 5. The van der Waals surface area contributed by atoms with E-state index in [0.717, 1.165) is 16.3 Å². The molecular formula is C32H30N2O2S2. The average Bonchev–Trinajstić information content (AvgIpc) is 2.96. The van der Waals surface area contributed by atoms with Crippen LogP contribution in [0.5, 0.6) is 0 Å². The minimum Gasteiger partial charge on any atom is -0.478 e. The fourth-order valence-electron chi connectivity index (χ4n) is 2.94. The molecular weight excluding hydrogens is 508 g/mol. The summed E-state index contributed by atoms with van der Waals surface area (Å²) in [7, 11) is 0. The summed E-state index contributed by atoms with van der Waals surface area (Å²) in [5.74, 6) is 0.506. The molecule has 0 aliphatic carbocycles. The van der Waals surface area contributed by atoms with Crippen molar-refractivity contribution in [2.45, 2.75) is 16.7 Å². The van der Waals surface area contributed by atoms with Crippen LogP contribution in [-0.2, 0) is 9.53 Å². The van der Waals surface area contributed by atoms with Crippen LogP contribution in [0.1, 0.15) is 6.92 Å². The molecule has 38 heavy (non-hydrogen) atoms. The third kappa shape index (κ3) is 11.8. The number of amides is 1. The molecule has 0 aliphatic heterocycles. The van der Waals surface area contributed by atoms with E-state index >= 15 is 0 Å². The standard InChI is InChI=1S/C17H17NOS.C15H13NOS/c1-2-19-17(18-15-9-5-3-6-10-15)13-14-20-16-11-7-4-8-12-16;17-15(16-13-7-3-1-4-8-13)11-12-18-14-9-5-2-6-10-14/h3-14H,2H2,1H3;1-12H,(H,16,17). The van der Waals surface area contributed by atoms with Crippen molar-refractivity contribution in [3.05, 3.63) is 144 Å². The van der Waals surface area contributed by atoms with Gasteiger partial charge in [-0.05, 0) is 66.3 Å². The molecule has 1 N–H and O–H groups in total. The van der Waals surface area contributed by atoms with Crippen molar-refractivity contribution in [1.29, 1.82) is 0 Å². The van der Waals surface area contributed by atoms with Gasteiger partial charge < -0.3 is 10.1 Å². The summed E-state index contributed by atoms with van der Waals surface area (Å²) >= 11 is 3.16. The molecule has 0 bridgehead atoms. The molecule has 4 rings (SSSR count). The molecule has 0 heterocycles. The number of hydrogen-bond donors (Lipinski definition) is 1. The van der Waals surface area contributed by atoms with E-state index in [-0.39, 0.29) is 5.91 Å². The smallest absolute Gasteiger partial charge is 0.248 e. The molecule has 6 heteroatoms. The van der Waals surface area contributed by atoms with Crippen molar-refractivity contribution < 1.29 is 9.53 Å². The normalized spacial score (nSPS) is 11.1. The highest BCUT2D eigenvalue weighted by Crippen LogP contribution is 2.19. The highest BCUT2D eigenvalue weighted by molar-refractivity contribution is 8.02. The van der Waals surface area contributed by atoms with Crippen LogP contribution in [0.15, 0.2) is 159 Å². The Bertz CT molecular complexity index is 1290. The van der Waals surface area contributed by atoms with E-state index in [1.807, 2.05) is 128 Å². The van der Waals surface area contributed by atoms with Crippen LogP contribution in [0.3, 0.4) is 0 Å². The zero-order valence-corrected chi connectivity index (χ0v) is 22.8. The number of benzene rings is 4. The van der Waals surface area contributed by atoms with Crippen LogP contribution in [0, 0.1) is 0 Å². The van der Waals surface area contributed by atoms with Gasteiger partial charge in [-0.2, -0.15) is 0 Å². The van der Waals surface area contributed by atoms with Crippen LogP contribution in [0.4, 0.5) is 11.4 Å². The van der Waals surface area contributed by atoms with Crippen LogP contribution in [0.25, 0.3) is 0 Å². The van der Waals surface area contributed by atoms with Crippen molar-refractivity contribution >= 4 is 46.7 Å². The predicted octanol–water partition coefficient (Wildman–Crippen LogP) is 8.99. The highest BCUT2D eigenvalue weighted by Gasteiger charge is 1.97. The van der Waals surface area contributed by atoms with E-state index in [1.165, 1.54) is 22.7 Å². The number of rotatable bonds is 9. The fraction of sp³-hybridized carbons (Fsp3) is 0.0625. The van der Waals surface area contributed by atoms with Crippen molar-refractivity contribution in [2.24, 2.45) is 4.99 Å². The maximum absolute atomic E-state index is 11.6. The quantitative estimate of drug-likeness (QED) is 0.1000. The monoisotopic (exact) mass is 538 g/mol. The Morgan fingerprint density at radius 2 is 1.18 bits per heavy atom. The number of carbonyl (C=O) groups excluding carboxylic acids is 1. The van der Waals surface area contributed by atoms with Crippen molar-refractivity contribution in [2.75, 3.05) is 11.9 Å². The minimum atomic E-state index is -0.121. The lowest BCUT2D eigenvalue weighted by Crippen LogP contribution is -2.07. The zero-order valence-electron chi connectivity index (χ0n) is 21.1. The molecule has 0 atom stereocenters. The summed E-state index contributed by atoms with van der Waals surface area (Å²) in [5.41, 5.74) is 1.70. The first-order valence-corrected chi connectivity index (χ1v) is 13.9. The Morgan fingerprint density at radius 1 is 0.711 bits per heavy atom. The predicted molar refractivity (Wildman–Crippen MR) is 163 cm³/mol. The van der Waals surface area contributed by atoms with Gasteiger partial charge in [0.25, 0.3) is 0 Å². The molecule has 0 fully saturated rings. The van der Waals surface area contributed by atoms with Crippen LogP contribution >= 0.6 is 23.5 Å². The Labute approximate surface area is 233 Å². The molecule has 1 amide bonds. The largest absolute Gasteiger partial charge is 0.478 e. The number of ether oxygens (including phenoxy) is 1. The number of carbonyl (C=O) groups is 1. The second-order valence-corrected chi connectivity index (χ2v) is 9.50. The van der Waals surface area contributed by atoms with Gasteiger partial charge >= 0.3 is 0 Å². The van der Waals surface area contributed by atoms with E-state index in [9.17, 15) is 4.79 Å². The molecule has 0 saturated heterocycles. The lowest BCUT2D eigenvalue weighted by Gasteiger charge is -2.02. The Morgan fingerprint density at radius 3 is 1.71 bits per heavy atom. The summed E-state index contributed by atoms with van der Waals surface area (Å²) in [6.45, 7) is 2.56. The Hall–Kier alpha value is -4.00. The summed E-state index contributed by atoms with van der Waals surface area (Å²) in [6.07, 6.45) is 3.43. The number of nitrogens with one attached hydrogen (secondary N) is 1. The lowest BCUT2D eigenvalue weighted by atomic mass is 10.3. The van der Waals surface area contributed by atoms with Crippen molar-refractivity contribution in [1.82, 2.24) is 0 Å². The maximum Gasteiger partial charge on any atom is 0.248 e. The van der Waals surface area contributed by atoms with Crippen molar-refractivity contribution in [3.8, 4) is 0 Å². The molecule has 4 aromatic rings. The number of para-hydroxylation sites is 2. The van der Waals surface area contributed by atoms with Crippen LogP contribution in [-0.4, -0.2) is 18.4 Å². The number of anilines is 1. The molecule has 0 unspecified atom stereocenters.